The Balaban J connectivity index is 1.59. The number of nitrogens with zero attached hydrogens (tertiary/aromatic N) is 2. The summed E-state index contributed by atoms with van der Waals surface area (Å²) < 4.78 is 5.40. The van der Waals surface area contributed by atoms with Crippen molar-refractivity contribution < 1.29 is 9.53 Å². The fourth-order valence-corrected chi connectivity index (χ4v) is 3.70. The van der Waals surface area contributed by atoms with Crippen molar-refractivity contribution in [1.29, 1.82) is 0 Å². The molecule has 144 valence electrons. The van der Waals surface area contributed by atoms with Crippen LogP contribution in [0.25, 0.3) is 10.9 Å². The monoisotopic (exact) mass is 393 g/mol. The van der Waals surface area contributed by atoms with E-state index in [-0.39, 0.29) is 11.7 Å². The molecule has 0 fully saturated rings. The molecule has 2 aromatic carbocycles. The maximum Gasteiger partial charge on any atom is 0.250 e. The normalized spacial score (nSPS) is 11.1. The second-order valence-corrected chi connectivity index (χ2v) is 7.33. The molecule has 0 unspecified atom stereocenters. The lowest BCUT2D eigenvalue weighted by molar-refractivity contribution is -0.118. The molecule has 3 rings (SSSR count). The smallest absolute Gasteiger partial charge is 0.250 e. The maximum atomic E-state index is 12.2. The predicted molar refractivity (Wildman–Crippen MR) is 115 cm³/mol. The first-order valence-corrected chi connectivity index (χ1v) is 10.1. The Morgan fingerprint density at radius 3 is 2.75 bits per heavy atom. The molecule has 6 heteroatoms. The largest absolute Gasteiger partial charge is 0.494 e. The van der Waals surface area contributed by atoms with Crippen molar-refractivity contribution >= 4 is 34.8 Å². The molecule has 0 radical (unpaired) electrons. The zero-order chi connectivity index (χ0) is 19.9. The molecule has 1 N–H and O–H groups in total. The van der Waals surface area contributed by atoms with Crippen LogP contribution in [0.3, 0.4) is 0 Å². The van der Waals surface area contributed by atoms with Gasteiger partial charge in [-0.3, -0.25) is 9.78 Å². The second-order valence-electron chi connectivity index (χ2n) is 6.32. The second kappa shape index (κ2) is 9.37. The lowest BCUT2D eigenvalue weighted by Crippen LogP contribution is -2.19. The standard InChI is InChI=1S/C22H23N3O2S/c1-4-27-18-10-8-17(9-11-18)13-23-25-21(26)14-28-20-12-16(3)24-22-15(2)6-5-7-19(20)22/h5-13H,4,14H2,1-3H3,(H,25,26). The van der Waals surface area contributed by atoms with Crippen LogP contribution in [0.2, 0.25) is 0 Å². The Labute approximate surface area is 169 Å². The van der Waals surface area contributed by atoms with Crippen LogP contribution < -0.4 is 10.2 Å². The lowest BCUT2D eigenvalue weighted by atomic mass is 10.1. The quantitative estimate of drug-likeness (QED) is 0.365. The summed E-state index contributed by atoms with van der Waals surface area (Å²) >= 11 is 1.49. The van der Waals surface area contributed by atoms with Crippen molar-refractivity contribution in [1.82, 2.24) is 10.4 Å². The van der Waals surface area contributed by atoms with Gasteiger partial charge in [0.2, 0.25) is 5.91 Å². The number of para-hydroxylation sites is 1. The maximum absolute atomic E-state index is 12.2. The third-order valence-electron chi connectivity index (χ3n) is 4.08. The number of benzene rings is 2. The van der Waals surface area contributed by atoms with Gasteiger partial charge in [-0.2, -0.15) is 5.10 Å². The van der Waals surface area contributed by atoms with E-state index in [0.717, 1.165) is 38.4 Å². The zero-order valence-corrected chi connectivity index (χ0v) is 17.0. The van der Waals surface area contributed by atoms with Crippen LogP contribution >= 0.6 is 11.8 Å². The fourth-order valence-electron chi connectivity index (χ4n) is 2.77. The van der Waals surface area contributed by atoms with E-state index in [1.54, 1.807) is 6.21 Å². The number of aromatic nitrogens is 1. The van der Waals surface area contributed by atoms with Crippen LogP contribution in [0.5, 0.6) is 5.75 Å². The van der Waals surface area contributed by atoms with Crippen molar-refractivity contribution in [3.05, 3.63) is 65.4 Å². The highest BCUT2D eigenvalue weighted by Gasteiger charge is 2.09. The van der Waals surface area contributed by atoms with Gasteiger partial charge in [-0.15, -0.1) is 11.8 Å². The van der Waals surface area contributed by atoms with E-state index in [0.29, 0.717) is 6.61 Å². The summed E-state index contributed by atoms with van der Waals surface area (Å²) in [5.74, 6) is 0.949. The average molecular weight is 394 g/mol. The Bertz CT molecular complexity index is 1000. The molecule has 0 bridgehead atoms. The molecule has 0 aliphatic rings. The molecule has 28 heavy (non-hydrogen) atoms. The van der Waals surface area contributed by atoms with E-state index in [4.69, 9.17) is 4.74 Å². The molecule has 0 spiro atoms. The van der Waals surface area contributed by atoms with Gasteiger partial charge in [-0.25, -0.2) is 5.43 Å². The van der Waals surface area contributed by atoms with Crippen LogP contribution in [0.15, 0.2) is 58.5 Å². The van der Waals surface area contributed by atoms with E-state index in [1.165, 1.54) is 11.8 Å². The van der Waals surface area contributed by atoms with Gasteiger partial charge >= 0.3 is 0 Å². The molecule has 5 nitrogen and oxygen atoms in total. The summed E-state index contributed by atoms with van der Waals surface area (Å²) in [6, 6.07) is 15.7. The average Bonchev–Trinajstić information content (AvgIpc) is 2.68. The molecule has 0 saturated carbocycles. The number of carbonyl (C=O) groups excluding carboxylic acids is 1. The third kappa shape index (κ3) is 5.10. The summed E-state index contributed by atoms with van der Waals surface area (Å²) in [4.78, 5) is 17.8. The fraction of sp³-hybridized carbons (Fsp3) is 0.227. The first kappa shape index (κ1) is 19.9. The minimum Gasteiger partial charge on any atom is -0.494 e. The molecule has 0 aliphatic carbocycles. The number of hydrogen-bond donors (Lipinski definition) is 1. The molecular weight excluding hydrogens is 370 g/mol. The number of amides is 1. The Morgan fingerprint density at radius 2 is 2.00 bits per heavy atom. The van der Waals surface area contributed by atoms with Crippen molar-refractivity contribution in [2.24, 2.45) is 5.10 Å². The van der Waals surface area contributed by atoms with Gasteiger partial charge in [-0.1, -0.05) is 18.2 Å². The topological polar surface area (TPSA) is 63.6 Å². The molecule has 1 aromatic heterocycles. The van der Waals surface area contributed by atoms with Crippen molar-refractivity contribution in [2.45, 2.75) is 25.7 Å². The summed E-state index contributed by atoms with van der Waals surface area (Å²) in [6.45, 7) is 6.59. The van der Waals surface area contributed by atoms with Gasteiger partial charge in [0, 0.05) is 16.0 Å². The number of aryl methyl sites for hydroxylation is 2. The number of hydrogen-bond acceptors (Lipinski definition) is 5. The van der Waals surface area contributed by atoms with E-state index in [1.807, 2.05) is 69.3 Å². The molecule has 3 aromatic rings. The van der Waals surface area contributed by atoms with Crippen LogP contribution in [0, 0.1) is 13.8 Å². The van der Waals surface area contributed by atoms with Gasteiger partial charge in [0.1, 0.15) is 5.75 Å². The van der Waals surface area contributed by atoms with Gasteiger partial charge in [0.15, 0.2) is 0 Å². The number of pyridine rings is 1. The van der Waals surface area contributed by atoms with Gasteiger partial charge in [0.25, 0.3) is 0 Å². The van der Waals surface area contributed by atoms with Gasteiger partial charge < -0.3 is 4.74 Å². The Morgan fingerprint density at radius 1 is 1.21 bits per heavy atom. The minimum absolute atomic E-state index is 0.151. The van der Waals surface area contributed by atoms with Crippen LogP contribution in [-0.2, 0) is 4.79 Å². The minimum atomic E-state index is -0.151. The van der Waals surface area contributed by atoms with Crippen molar-refractivity contribution in [3.8, 4) is 5.75 Å². The van der Waals surface area contributed by atoms with E-state index in [9.17, 15) is 4.79 Å². The molecule has 1 amide bonds. The number of fused-ring (bicyclic) bond motifs is 1. The SMILES string of the molecule is CCOc1ccc(C=NNC(=O)CSc2cc(C)nc3c(C)cccc23)cc1. The number of thioether (sulfide) groups is 1. The van der Waals surface area contributed by atoms with E-state index in [2.05, 4.69) is 15.5 Å². The van der Waals surface area contributed by atoms with Gasteiger partial charge in [-0.05, 0) is 62.2 Å². The lowest BCUT2D eigenvalue weighted by Gasteiger charge is -2.09. The number of ether oxygens (including phenoxy) is 1. The van der Waals surface area contributed by atoms with E-state index < -0.39 is 0 Å². The highest BCUT2D eigenvalue weighted by Crippen LogP contribution is 2.29. The highest BCUT2D eigenvalue weighted by atomic mass is 32.2. The zero-order valence-electron chi connectivity index (χ0n) is 16.2. The summed E-state index contributed by atoms with van der Waals surface area (Å²) in [7, 11) is 0. The molecule has 0 atom stereocenters. The third-order valence-corrected chi connectivity index (χ3v) is 5.14. The van der Waals surface area contributed by atoms with E-state index >= 15 is 0 Å². The van der Waals surface area contributed by atoms with Crippen LogP contribution in [0.1, 0.15) is 23.7 Å². The van der Waals surface area contributed by atoms with Crippen molar-refractivity contribution in [2.75, 3.05) is 12.4 Å². The summed E-state index contributed by atoms with van der Waals surface area (Å²) in [5, 5.41) is 5.10. The first-order chi connectivity index (χ1) is 13.6. The van der Waals surface area contributed by atoms with Crippen molar-refractivity contribution in [3.63, 3.8) is 0 Å². The summed E-state index contributed by atoms with van der Waals surface area (Å²) in [6.07, 6.45) is 1.62. The van der Waals surface area contributed by atoms with Crippen LogP contribution in [-0.4, -0.2) is 29.5 Å². The Kier molecular flexibility index (Phi) is 6.66. The molecule has 0 saturated heterocycles. The molecular formula is C22H23N3O2S. The number of hydrazone groups is 1. The van der Waals surface area contributed by atoms with Gasteiger partial charge in [0.05, 0.1) is 24.1 Å². The number of carbonyl (C=O) groups is 1. The first-order valence-electron chi connectivity index (χ1n) is 9.11. The number of rotatable bonds is 7. The highest BCUT2D eigenvalue weighted by molar-refractivity contribution is 8.00. The Hall–Kier alpha value is -2.86. The molecule has 1 heterocycles. The number of nitrogens with one attached hydrogen (secondary N) is 1. The predicted octanol–water partition coefficient (Wildman–Crippen LogP) is 4.49. The molecule has 0 aliphatic heterocycles. The van der Waals surface area contributed by atoms with Crippen LogP contribution in [0.4, 0.5) is 0 Å². The summed E-state index contributed by atoms with van der Waals surface area (Å²) in [5.41, 5.74) is 6.53.